The first-order chi connectivity index (χ1) is 9.52. The van der Waals surface area contributed by atoms with Crippen LogP contribution in [0.25, 0.3) is 0 Å². The molecule has 0 spiro atoms. The average Bonchev–Trinajstić information content (AvgIpc) is 2.45. The van der Waals surface area contributed by atoms with E-state index in [9.17, 15) is 4.79 Å². The molecule has 0 aliphatic carbocycles. The molecule has 0 aromatic rings. The predicted octanol–water partition coefficient (Wildman–Crippen LogP) is 1.21. The second-order valence-corrected chi connectivity index (χ2v) is 5.44. The largest absolute Gasteiger partial charge is 0.381 e. The Labute approximate surface area is 145 Å². The third-order valence-electron chi connectivity index (χ3n) is 3.43. The Morgan fingerprint density at radius 2 is 2.00 bits per heavy atom. The first-order valence-corrected chi connectivity index (χ1v) is 7.38. The van der Waals surface area contributed by atoms with E-state index in [4.69, 9.17) is 4.74 Å². The van der Waals surface area contributed by atoms with Gasteiger partial charge in [-0.15, -0.1) is 24.0 Å². The summed E-state index contributed by atoms with van der Waals surface area (Å²) >= 11 is 0. The molecule has 1 amide bonds. The number of carbonyl (C=O) groups is 1. The third-order valence-corrected chi connectivity index (χ3v) is 3.43. The van der Waals surface area contributed by atoms with Crippen molar-refractivity contribution in [2.75, 3.05) is 33.9 Å². The summed E-state index contributed by atoms with van der Waals surface area (Å²) in [5, 5.41) is 6.74. The third kappa shape index (κ3) is 8.45. The van der Waals surface area contributed by atoms with E-state index in [0.717, 1.165) is 38.4 Å². The van der Waals surface area contributed by atoms with Gasteiger partial charge in [-0.1, -0.05) is 6.92 Å². The van der Waals surface area contributed by atoms with Gasteiger partial charge in [0.15, 0.2) is 5.96 Å². The van der Waals surface area contributed by atoms with Crippen LogP contribution in [0.3, 0.4) is 0 Å². The van der Waals surface area contributed by atoms with Crippen LogP contribution in [0.5, 0.6) is 0 Å². The highest BCUT2D eigenvalue weighted by atomic mass is 127. The normalized spacial score (nSPS) is 17.6. The predicted molar refractivity (Wildman–Crippen MR) is 96.3 cm³/mol. The molecule has 1 aliphatic heterocycles. The first-order valence-electron chi connectivity index (χ1n) is 7.38. The maximum absolute atomic E-state index is 11.6. The van der Waals surface area contributed by atoms with Crippen molar-refractivity contribution in [1.29, 1.82) is 0 Å². The minimum atomic E-state index is 0. The highest BCUT2D eigenvalue weighted by Crippen LogP contribution is 2.06. The summed E-state index contributed by atoms with van der Waals surface area (Å²) in [6.07, 6.45) is 2.96. The van der Waals surface area contributed by atoms with Gasteiger partial charge in [0, 0.05) is 39.4 Å². The van der Waals surface area contributed by atoms with Gasteiger partial charge in [-0.05, 0) is 26.2 Å². The Morgan fingerprint density at radius 3 is 2.52 bits per heavy atom. The molecule has 0 bridgehead atoms. The molecule has 1 aliphatic rings. The number of ether oxygens (including phenoxy) is 1. The summed E-state index contributed by atoms with van der Waals surface area (Å²) in [7, 11) is 3.48. The molecule has 0 saturated carbocycles. The molecule has 0 radical (unpaired) electrons. The van der Waals surface area contributed by atoms with E-state index in [1.165, 1.54) is 0 Å². The molecular weight excluding hydrogens is 383 g/mol. The van der Waals surface area contributed by atoms with Gasteiger partial charge in [0.05, 0.1) is 0 Å². The summed E-state index contributed by atoms with van der Waals surface area (Å²) < 4.78 is 5.35. The van der Waals surface area contributed by atoms with Crippen LogP contribution in [0.1, 0.15) is 33.1 Å². The maximum Gasteiger partial charge on any atom is 0.243 e. The fourth-order valence-corrected chi connectivity index (χ4v) is 1.79. The Morgan fingerprint density at radius 1 is 1.38 bits per heavy atom. The monoisotopic (exact) mass is 412 g/mol. The molecule has 0 aromatic heterocycles. The Bertz CT molecular complexity index is 331. The number of hydrogen-bond acceptors (Lipinski definition) is 3. The van der Waals surface area contributed by atoms with Gasteiger partial charge in [0.2, 0.25) is 5.91 Å². The number of guanidine groups is 1. The van der Waals surface area contributed by atoms with Crippen LogP contribution in [-0.4, -0.2) is 62.7 Å². The minimum Gasteiger partial charge on any atom is -0.381 e. The van der Waals surface area contributed by atoms with Crippen molar-refractivity contribution in [3.8, 4) is 0 Å². The number of hydrogen-bond donors (Lipinski definition) is 2. The zero-order valence-electron chi connectivity index (χ0n) is 13.5. The summed E-state index contributed by atoms with van der Waals surface area (Å²) in [4.78, 5) is 17.6. The van der Waals surface area contributed by atoms with Crippen LogP contribution in [-0.2, 0) is 9.53 Å². The highest BCUT2D eigenvalue weighted by molar-refractivity contribution is 14.0. The second-order valence-electron chi connectivity index (χ2n) is 5.44. The number of nitrogens with zero attached hydrogens (tertiary/aromatic N) is 2. The smallest absolute Gasteiger partial charge is 0.243 e. The highest BCUT2D eigenvalue weighted by Gasteiger charge is 2.16. The molecule has 7 heteroatoms. The standard InChI is InChI=1S/C14H28N4O2.HI/c1-5-11(2)16-14(15-10-13(19)18(3)4)17-12-6-8-20-9-7-12;/h11-12H,5-10H2,1-4H3,(H2,15,16,17);1H. The molecule has 6 nitrogen and oxygen atoms in total. The summed E-state index contributed by atoms with van der Waals surface area (Å²) in [6, 6.07) is 0.698. The fraction of sp³-hybridized carbons (Fsp3) is 0.857. The summed E-state index contributed by atoms with van der Waals surface area (Å²) in [6.45, 7) is 5.96. The number of rotatable bonds is 5. The number of aliphatic imine (C=N–C) groups is 1. The van der Waals surface area contributed by atoms with Crippen molar-refractivity contribution < 1.29 is 9.53 Å². The molecule has 21 heavy (non-hydrogen) atoms. The van der Waals surface area contributed by atoms with Crippen LogP contribution in [0.2, 0.25) is 0 Å². The molecule has 124 valence electrons. The molecule has 0 aromatic carbocycles. The zero-order valence-corrected chi connectivity index (χ0v) is 15.8. The van der Waals surface area contributed by atoms with E-state index >= 15 is 0 Å². The van der Waals surface area contributed by atoms with E-state index in [2.05, 4.69) is 29.5 Å². The number of halogens is 1. The molecular formula is C14H29IN4O2. The Kier molecular flexibility index (Phi) is 10.8. The first kappa shape index (κ1) is 20.4. The molecule has 1 atom stereocenters. The number of carbonyl (C=O) groups excluding carboxylic acids is 1. The van der Waals surface area contributed by atoms with E-state index in [-0.39, 0.29) is 36.4 Å². The quantitative estimate of drug-likeness (QED) is 0.405. The van der Waals surface area contributed by atoms with E-state index < -0.39 is 0 Å². The van der Waals surface area contributed by atoms with E-state index in [1.54, 1.807) is 19.0 Å². The van der Waals surface area contributed by atoms with Crippen LogP contribution in [0, 0.1) is 0 Å². The Hall–Kier alpha value is -0.570. The second kappa shape index (κ2) is 11.1. The molecule has 1 heterocycles. The number of likely N-dealkylation sites (N-methyl/N-ethyl adjacent to an activating group) is 1. The molecule has 1 rings (SSSR count). The SMILES string of the molecule is CCC(C)NC(=NCC(=O)N(C)C)NC1CCOCC1.I. The van der Waals surface area contributed by atoms with Crippen LogP contribution >= 0.6 is 24.0 Å². The molecule has 2 N–H and O–H groups in total. The van der Waals surface area contributed by atoms with Crippen LogP contribution in [0.4, 0.5) is 0 Å². The van der Waals surface area contributed by atoms with Crippen molar-refractivity contribution in [3.63, 3.8) is 0 Å². The van der Waals surface area contributed by atoms with Gasteiger partial charge in [-0.2, -0.15) is 0 Å². The van der Waals surface area contributed by atoms with Gasteiger partial charge >= 0.3 is 0 Å². The zero-order chi connectivity index (χ0) is 15.0. The lowest BCUT2D eigenvalue weighted by Gasteiger charge is -2.26. The number of amides is 1. The number of nitrogens with one attached hydrogen (secondary N) is 2. The minimum absolute atomic E-state index is 0. The van der Waals surface area contributed by atoms with Crippen molar-refractivity contribution in [1.82, 2.24) is 15.5 Å². The maximum atomic E-state index is 11.6. The van der Waals surface area contributed by atoms with Gasteiger partial charge in [-0.3, -0.25) is 4.79 Å². The lowest BCUT2D eigenvalue weighted by molar-refractivity contribution is -0.127. The van der Waals surface area contributed by atoms with Gasteiger partial charge in [0.25, 0.3) is 0 Å². The van der Waals surface area contributed by atoms with Crippen molar-refractivity contribution >= 4 is 35.8 Å². The van der Waals surface area contributed by atoms with Crippen LogP contribution in [0.15, 0.2) is 4.99 Å². The van der Waals surface area contributed by atoms with E-state index in [0.29, 0.717) is 12.1 Å². The lowest BCUT2D eigenvalue weighted by Crippen LogP contribution is -2.48. The van der Waals surface area contributed by atoms with Gasteiger partial charge < -0.3 is 20.3 Å². The summed E-state index contributed by atoms with van der Waals surface area (Å²) in [5.41, 5.74) is 0. The fourth-order valence-electron chi connectivity index (χ4n) is 1.79. The molecule has 1 saturated heterocycles. The summed E-state index contributed by atoms with van der Waals surface area (Å²) in [5.74, 6) is 0.726. The molecule has 1 unspecified atom stereocenters. The lowest BCUT2D eigenvalue weighted by atomic mass is 10.1. The average molecular weight is 412 g/mol. The van der Waals surface area contributed by atoms with Crippen molar-refractivity contribution in [3.05, 3.63) is 0 Å². The van der Waals surface area contributed by atoms with E-state index in [1.807, 2.05) is 0 Å². The Balaban J connectivity index is 0.00000400. The molecule has 1 fully saturated rings. The van der Waals surface area contributed by atoms with Gasteiger partial charge in [-0.25, -0.2) is 4.99 Å². The van der Waals surface area contributed by atoms with Crippen molar-refractivity contribution in [2.24, 2.45) is 4.99 Å². The van der Waals surface area contributed by atoms with Crippen LogP contribution < -0.4 is 10.6 Å². The van der Waals surface area contributed by atoms with Gasteiger partial charge in [0.1, 0.15) is 6.54 Å². The van der Waals surface area contributed by atoms with Crippen molar-refractivity contribution in [2.45, 2.75) is 45.2 Å². The topological polar surface area (TPSA) is 66.0 Å².